The van der Waals surface area contributed by atoms with Crippen LogP contribution in [-0.4, -0.2) is 55.9 Å². The highest BCUT2D eigenvalue weighted by molar-refractivity contribution is 7.92. The molecule has 3 aromatic carbocycles. The van der Waals surface area contributed by atoms with Crippen LogP contribution >= 0.6 is 0 Å². The Bertz CT molecular complexity index is 1190. The monoisotopic (exact) mass is 500 g/mol. The summed E-state index contributed by atoms with van der Waals surface area (Å²) in [5.74, 6) is 0.477. The zero-order valence-corrected chi connectivity index (χ0v) is 20.4. The molecule has 188 valence electrons. The Kier molecular flexibility index (Phi) is 9.50. The third kappa shape index (κ3) is 8.88. The second kappa shape index (κ2) is 12.6. The number of ether oxygens (including phenoxy) is 1. The average Bonchev–Trinajstić information content (AvgIpc) is 2.82. The number of hydrogen-bond donors (Lipinski definition) is 5. The molecule has 0 spiro atoms. The van der Waals surface area contributed by atoms with Crippen LogP contribution in [0.1, 0.15) is 22.7 Å². The van der Waals surface area contributed by atoms with Crippen LogP contribution in [0, 0.1) is 0 Å². The summed E-state index contributed by atoms with van der Waals surface area (Å²) in [6.45, 7) is 0.428. The molecule has 0 radical (unpaired) electrons. The molecule has 0 amide bonds. The van der Waals surface area contributed by atoms with Gasteiger partial charge in [0.05, 0.1) is 24.7 Å². The van der Waals surface area contributed by atoms with Crippen molar-refractivity contribution >= 4 is 15.7 Å². The molecule has 2 atom stereocenters. The number of phenolic OH excluding ortho intramolecular Hbond substituents is 1. The minimum absolute atomic E-state index is 0.0687. The minimum atomic E-state index is -3.55. The number of aliphatic hydroxyl groups excluding tert-OH is 2. The summed E-state index contributed by atoms with van der Waals surface area (Å²) in [7, 11) is -3.55. The summed E-state index contributed by atoms with van der Waals surface area (Å²) in [6, 6.07) is 22.1. The predicted octanol–water partition coefficient (Wildman–Crippen LogP) is 2.61. The number of benzene rings is 3. The van der Waals surface area contributed by atoms with Gasteiger partial charge in [0.25, 0.3) is 0 Å². The van der Waals surface area contributed by atoms with E-state index in [9.17, 15) is 18.6 Å². The van der Waals surface area contributed by atoms with E-state index >= 15 is 0 Å². The zero-order chi connectivity index (χ0) is 25.3. The van der Waals surface area contributed by atoms with Gasteiger partial charge in [-0.05, 0) is 53.8 Å². The fourth-order valence-electron chi connectivity index (χ4n) is 3.76. The van der Waals surface area contributed by atoms with Crippen molar-refractivity contribution in [1.82, 2.24) is 5.32 Å². The molecule has 0 bridgehead atoms. The van der Waals surface area contributed by atoms with Crippen molar-refractivity contribution in [3.8, 4) is 11.5 Å². The Balaban J connectivity index is 1.71. The Labute approximate surface area is 206 Å². The van der Waals surface area contributed by atoms with Gasteiger partial charge >= 0.3 is 0 Å². The molecule has 0 heterocycles. The highest BCUT2D eigenvalue weighted by Crippen LogP contribution is 2.26. The largest absolute Gasteiger partial charge is 0.506 e. The molecule has 35 heavy (non-hydrogen) atoms. The maximum absolute atomic E-state index is 11.5. The molecule has 8 nitrogen and oxygen atoms in total. The first-order chi connectivity index (χ1) is 16.7. The maximum Gasteiger partial charge on any atom is 0.229 e. The van der Waals surface area contributed by atoms with Crippen LogP contribution in [-0.2, 0) is 22.9 Å². The molecule has 0 fully saturated rings. The van der Waals surface area contributed by atoms with E-state index in [1.165, 1.54) is 12.1 Å². The van der Waals surface area contributed by atoms with Crippen LogP contribution in [0.2, 0.25) is 0 Å². The summed E-state index contributed by atoms with van der Waals surface area (Å²) in [5.41, 5.74) is 2.88. The molecule has 2 unspecified atom stereocenters. The van der Waals surface area contributed by atoms with Crippen molar-refractivity contribution in [2.24, 2.45) is 0 Å². The van der Waals surface area contributed by atoms with Gasteiger partial charge in [0, 0.05) is 12.6 Å². The van der Waals surface area contributed by atoms with Gasteiger partial charge in [-0.15, -0.1) is 0 Å². The first kappa shape index (κ1) is 26.5. The number of phenols is 1. The summed E-state index contributed by atoms with van der Waals surface area (Å²) in [4.78, 5) is 0. The van der Waals surface area contributed by atoms with E-state index in [1.54, 1.807) is 6.07 Å². The SMILES string of the molecule is CS(=O)(=O)Nc1cc(CC(O)CNC(Cc2ccccc2)c2cccc(OCCO)c2)ccc1O. The van der Waals surface area contributed by atoms with Crippen molar-refractivity contribution in [2.75, 3.05) is 30.7 Å². The zero-order valence-electron chi connectivity index (χ0n) is 19.6. The standard InChI is InChI=1S/C26H32N2O6S/c1-35(32,33)28-25-16-20(10-11-26(25)31)14-22(30)18-27-24(15-19-6-3-2-4-7-19)21-8-5-9-23(17-21)34-13-12-29/h2-11,16-17,22,24,27-31H,12-15,18H2,1H3. The molecule has 3 rings (SSSR count). The molecule has 0 aliphatic rings. The Morgan fingerprint density at radius 2 is 1.71 bits per heavy atom. The minimum Gasteiger partial charge on any atom is -0.506 e. The van der Waals surface area contributed by atoms with Crippen molar-refractivity contribution in [1.29, 1.82) is 0 Å². The van der Waals surface area contributed by atoms with Gasteiger partial charge in [0.2, 0.25) is 10.0 Å². The lowest BCUT2D eigenvalue weighted by Gasteiger charge is -2.22. The van der Waals surface area contributed by atoms with Crippen LogP contribution in [0.4, 0.5) is 5.69 Å². The summed E-state index contributed by atoms with van der Waals surface area (Å²) in [5, 5.41) is 33.1. The summed E-state index contributed by atoms with van der Waals surface area (Å²) in [6.07, 6.45) is 1.22. The number of anilines is 1. The van der Waals surface area contributed by atoms with Gasteiger partial charge in [0.1, 0.15) is 18.1 Å². The number of aliphatic hydroxyl groups is 2. The summed E-state index contributed by atoms with van der Waals surface area (Å²) < 4.78 is 30.9. The Hall–Kier alpha value is -3.11. The molecule has 9 heteroatoms. The van der Waals surface area contributed by atoms with Gasteiger partial charge in [-0.25, -0.2) is 8.42 Å². The van der Waals surface area contributed by atoms with E-state index in [1.807, 2.05) is 54.6 Å². The molecule has 5 N–H and O–H groups in total. The highest BCUT2D eigenvalue weighted by atomic mass is 32.2. The number of rotatable bonds is 13. The van der Waals surface area contributed by atoms with E-state index < -0.39 is 16.1 Å². The average molecular weight is 501 g/mol. The lowest BCUT2D eigenvalue weighted by atomic mass is 9.98. The normalized spacial score (nSPS) is 13.2. The number of sulfonamides is 1. The second-order valence-electron chi connectivity index (χ2n) is 8.38. The molecule has 0 aliphatic heterocycles. The van der Waals surface area contributed by atoms with Crippen LogP contribution in [0.5, 0.6) is 11.5 Å². The van der Waals surface area contributed by atoms with Gasteiger partial charge in [-0.2, -0.15) is 0 Å². The fourth-order valence-corrected chi connectivity index (χ4v) is 4.32. The molecule has 0 saturated heterocycles. The molecule has 0 aliphatic carbocycles. The molecular weight excluding hydrogens is 468 g/mol. The molecule has 3 aromatic rings. The fraction of sp³-hybridized carbons (Fsp3) is 0.308. The molecular formula is C26H32N2O6S. The van der Waals surface area contributed by atoms with Gasteiger partial charge < -0.3 is 25.4 Å². The third-order valence-corrected chi connectivity index (χ3v) is 5.92. The first-order valence-electron chi connectivity index (χ1n) is 11.3. The topological polar surface area (TPSA) is 128 Å². The van der Waals surface area contributed by atoms with Crippen LogP contribution in [0.3, 0.4) is 0 Å². The van der Waals surface area contributed by atoms with E-state index in [2.05, 4.69) is 10.0 Å². The quantitative estimate of drug-likeness (QED) is 0.228. The maximum atomic E-state index is 11.5. The lowest BCUT2D eigenvalue weighted by molar-refractivity contribution is 0.167. The van der Waals surface area contributed by atoms with Gasteiger partial charge in [-0.3, -0.25) is 4.72 Å². The van der Waals surface area contributed by atoms with Crippen molar-refractivity contribution in [3.63, 3.8) is 0 Å². The second-order valence-corrected chi connectivity index (χ2v) is 10.1. The van der Waals surface area contributed by atoms with Crippen molar-refractivity contribution < 1.29 is 28.5 Å². The lowest BCUT2D eigenvalue weighted by Crippen LogP contribution is -2.32. The van der Waals surface area contributed by atoms with Crippen LogP contribution in [0.25, 0.3) is 0 Å². The first-order valence-corrected chi connectivity index (χ1v) is 13.2. The third-order valence-electron chi connectivity index (χ3n) is 5.33. The smallest absolute Gasteiger partial charge is 0.229 e. The predicted molar refractivity (Wildman–Crippen MR) is 136 cm³/mol. The number of aromatic hydroxyl groups is 1. The van der Waals surface area contributed by atoms with E-state index in [4.69, 9.17) is 9.84 Å². The number of hydrogen-bond acceptors (Lipinski definition) is 7. The van der Waals surface area contributed by atoms with Crippen molar-refractivity contribution in [3.05, 3.63) is 89.5 Å². The van der Waals surface area contributed by atoms with Crippen molar-refractivity contribution in [2.45, 2.75) is 25.0 Å². The van der Waals surface area contributed by atoms with Gasteiger partial charge in [-0.1, -0.05) is 48.5 Å². The Morgan fingerprint density at radius 3 is 2.43 bits per heavy atom. The van der Waals surface area contributed by atoms with Gasteiger partial charge in [0.15, 0.2) is 0 Å². The van der Waals surface area contributed by atoms with E-state index in [0.717, 1.165) is 17.4 Å². The van der Waals surface area contributed by atoms with E-state index in [-0.39, 0.29) is 43.7 Å². The molecule has 0 aromatic heterocycles. The highest BCUT2D eigenvalue weighted by Gasteiger charge is 2.16. The van der Waals surface area contributed by atoms with E-state index in [0.29, 0.717) is 17.7 Å². The number of nitrogens with one attached hydrogen (secondary N) is 2. The Morgan fingerprint density at radius 1 is 0.943 bits per heavy atom. The van der Waals surface area contributed by atoms with Crippen LogP contribution in [0.15, 0.2) is 72.8 Å². The van der Waals surface area contributed by atoms with Crippen LogP contribution < -0.4 is 14.8 Å². The molecule has 0 saturated carbocycles. The summed E-state index contributed by atoms with van der Waals surface area (Å²) >= 11 is 0.